The molecular formula is C17H13Cl2N3O2. The molecule has 0 atom stereocenters. The van der Waals surface area contributed by atoms with E-state index in [0.29, 0.717) is 27.0 Å². The Kier molecular flexibility index (Phi) is 4.46. The van der Waals surface area contributed by atoms with E-state index >= 15 is 0 Å². The molecule has 24 heavy (non-hydrogen) atoms. The molecule has 0 spiro atoms. The fourth-order valence-electron chi connectivity index (χ4n) is 2.22. The van der Waals surface area contributed by atoms with Crippen LogP contribution < -0.4 is 5.32 Å². The third kappa shape index (κ3) is 3.22. The standard InChI is InChI=1S/C17H13Cl2N3O2/c1-9-3-2-4-11(16(9)23)14-8-15(22-21-14)17(24)20-13-6-5-10(18)7-12(13)19/h2-8,23H,1H3,(H,20,24)(H,21,22). The lowest BCUT2D eigenvalue weighted by Crippen LogP contribution is -2.12. The number of phenolic OH excluding ortho intramolecular Hbond substituents is 1. The number of aromatic amines is 1. The molecule has 0 radical (unpaired) electrons. The molecular weight excluding hydrogens is 349 g/mol. The van der Waals surface area contributed by atoms with E-state index in [2.05, 4.69) is 15.5 Å². The van der Waals surface area contributed by atoms with Crippen molar-refractivity contribution in [2.75, 3.05) is 5.32 Å². The van der Waals surface area contributed by atoms with Crippen molar-refractivity contribution < 1.29 is 9.90 Å². The van der Waals surface area contributed by atoms with Crippen molar-refractivity contribution in [1.82, 2.24) is 10.2 Å². The molecule has 1 aromatic heterocycles. The summed E-state index contributed by atoms with van der Waals surface area (Å²) < 4.78 is 0. The maximum Gasteiger partial charge on any atom is 0.273 e. The molecule has 122 valence electrons. The van der Waals surface area contributed by atoms with Crippen LogP contribution in [-0.2, 0) is 0 Å². The first-order valence-corrected chi connectivity index (χ1v) is 7.82. The number of aromatic nitrogens is 2. The zero-order chi connectivity index (χ0) is 17.3. The van der Waals surface area contributed by atoms with Crippen LogP contribution >= 0.6 is 23.2 Å². The van der Waals surface area contributed by atoms with Crippen LogP contribution in [0.4, 0.5) is 5.69 Å². The van der Waals surface area contributed by atoms with Gasteiger partial charge in [0.2, 0.25) is 0 Å². The van der Waals surface area contributed by atoms with Gasteiger partial charge in [0.05, 0.1) is 16.4 Å². The highest BCUT2D eigenvalue weighted by Crippen LogP contribution is 2.31. The van der Waals surface area contributed by atoms with Crippen LogP contribution in [0.25, 0.3) is 11.3 Å². The first kappa shape index (κ1) is 16.4. The van der Waals surface area contributed by atoms with Gasteiger partial charge >= 0.3 is 0 Å². The number of amides is 1. The molecule has 0 aliphatic carbocycles. The third-order valence-corrected chi connectivity index (χ3v) is 4.06. The largest absolute Gasteiger partial charge is 0.507 e. The highest BCUT2D eigenvalue weighted by atomic mass is 35.5. The molecule has 0 aliphatic rings. The molecule has 0 fully saturated rings. The van der Waals surface area contributed by atoms with Crippen LogP contribution in [0.3, 0.4) is 0 Å². The second kappa shape index (κ2) is 6.55. The van der Waals surface area contributed by atoms with Crippen molar-refractivity contribution >= 4 is 34.8 Å². The Balaban J connectivity index is 1.85. The van der Waals surface area contributed by atoms with Gasteiger partial charge in [-0.15, -0.1) is 0 Å². The molecule has 5 nitrogen and oxygen atoms in total. The lowest BCUT2D eigenvalue weighted by atomic mass is 10.1. The van der Waals surface area contributed by atoms with Crippen LogP contribution in [0, 0.1) is 6.92 Å². The summed E-state index contributed by atoms with van der Waals surface area (Å²) >= 11 is 11.9. The van der Waals surface area contributed by atoms with Crippen LogP contribution in [0.15, 0.2) is 42.5 Å². The van der Waals surface area contributed by atoms with Gasteiger partial charge < -0.3 is 10.4 Å². The Labute approximate surface area is 148 Å². The van der Waals surface area contributed by atoms with Gasteiger partial charge in [-0.05, 0) is 42.8 Å². The number of hydrogen-bond acceptors (Lipinski definition) is 3. The molecule has 0 unspecified atom stereocenters. The molecule has 0 saturated carbocycles. The van der Waals surface area contributed by atoms with Gasteiger partial charge in [-0.3, -0.25) is 9.89 Å². The number of carbonyl (C=O) groups excluding carboxylic acids is 1. The van der Waals surface area contributed by atoms with E-state index in [4.69, 9.17) is 23.2 Å². The second-order valence-corrected chi connectivity index (χ2v) is 6.06. The van der Waals surface area contributed by atoms with E-state index in [-0.39, 0.29) is 11.4 Å². The van der Waals surface area contributed by atoms with Crippen molar-refractivity contribution in [2.45, 2.75) is 6.92 Å². The quantitative estimate of drug-likeness (QED) is 0.635. The van der Waals surface area contributed by atoms with Crippen LogP contribution in [0.2, 0.25) is 10.0 Å². The smallest absolute Gasteiger partial charge is 0.273 e. The van der Waals surface area contributed by atoms with Crippen molar-refractivity contribution in [1.29, 1.82) is 0 Å². The molecule has 0 aliphatic heterocycles. The molecule has 0 bridgehead atoms. The van der Waals surface area contributed by atoms with Crippen LogP contribution in [0.5, 0.6) is 5.75 Å². The molecule has 1 amide bonds. The minimum atomic E-state index is -0.398. The van der Waals surface area contributed by atoms with Gasteiger partial charge in [0.1, 0.15) is 11.4 Å². The monoisotopic (exact) mass is 361 g/mol. The van der Waals surface area contributed by atoms with Crippen molar-refractivity contribution in [3.8, 4) is 17.0 Å². The first-order valence-electron chi connectivity index (χ1n) is 7.06. The van der Waals surface area contributed by atoms with Gasteiger partial charge in [-0.1, -0.05) is 35.3 Å². The maximum absolute atomic E-state index is 12.3. The number of phenols is 1. The van der Waals surface area contributed by atoms with Gasteiger partial charge in [0.25, 0.3) is 5.91 Å². The lowest BCUT2D eigenvalue weighted by Gasteiger charge is -2.06. The number of rotatable bonds is 3. The minimum absolute atomic E-state index is 0.136. The molecule has 3 N–H and O–H groups in total. The third-order valence-electron chi connectivity index (χ3n) is 3.52. The number of halogens is 2. The fourth-order valence-corrected chi connectivity index (χ4v) is 2.68. The predicted molar refractivity (Wildman–Crippen MR) is 94.8 cm³/mol. The normalized spacial score (nSPS) is 10.6. The predicted octanol–water partition coefficient (Wildman–Crippen LogP) is 4.65. The second-order valence-electron chi connectivity index (χ2n) is 5.22. The van der Waals surface area contributed by atoms with Crippen molar-refractivity contribution in [2.24, 2.45) is 0 Å². The Morgan fingerprint density at radius 2 is 2.00 bits per heavy atom. The molecule has 2 aromatic carbocycles. The molecule has 0 saturated heterocycles. The Hall–Kier alpha value is -2.50. The number of aromatic hydroxyl groups is 1. The zero-order valence-corrected chi connectivity index (χ0v) is 14.1. The van der Waals surface area contributed by atoms with E-state index < -0.39 is 5.91 Å². The summed E-state index contributed by atoms with van der Waals surface area (Å²) in [5.74, 6) is -0.262. The number of H-pyrrole nitrogens is 1. The number of aryl methyl sites for hydroxylation is 1. The minimum Gasteiger partial charge on any atom is -0.507 e. The van der Waals surface area contributed by atoms with Gasteiger partial charge in [0.15, 0.2) is 0 Å². The van der Waals surface area contributed by atoms with E-state index in [0.717, 1.165) is 5.56 Å². The number of hydrogen-bond donors (Lipinski definition) is 3. The van der Waals surface area contributed by atoms with Gasteiger partial charge in [-0.25, -0.2) is 0 Å². The zero-order valence-electron chi connectivity index (χ0n) is 12.6. The van der Waals surface area contributed by atoms with E-state index in [1.165, 1.54) is 0 Å². The number of anilines is 1. The number of nitrogens with one attached hydrogen (secondary N) is 2. The summed E-state index contributed by atoms with van der Waals surface area (Å²) in [4.78, 5) is 12.3. The number of para-hydroxylation sites is 1. The van der Waals surface area contributed by atoms with Crippen LogP contribution in [0.1, 0.15) is 16.1 Å². The summed E-state index contributed by atoms with van der Waals surface area (Å²) in [5.41, 5.74) is 2.45. The SMILES string of the molecule is Cc1cccc(-c2cc(C(=O)Nc3ccc(Cl)cc3Cl)[nH]n2)c1O. The van der Waals surface area contributed by atoms with Crippen molar-refractivity contribution in [3.63, 3.8) is 0 Å². The van der Waals surface area contributed by atoms with Gasteiger partial charge in [0, 0.05) is 10.6 Å². The van der Waals surface area contributed by atoms with Crippen molar-refractivity contribution in [3.05, 3.63) is 63.8 Å². The summed E-state index contributed by atoms with van der Waals surface area (Å²) in [6.07, 6.45) is 0. The van der Waals surface area contributed by atoms with Gasteiger partial charge in [-0.2, -0.15) is 5.10 Å². The highest BCUT2D eigenvalue weighted by Gasteiger charge is 2.15. The lowest BCUT2D eigenvalue weighted by molar-refractivity contribution is 0.102. The molecule has 7 heteroatoms. The maximum atomic E-state index is 12.3. The van der Waals surface area contributed by atoms with E-state index in [1.54, 1.807) is 43.3 Å². The Morgan fingerprint density at radius 1 is 1.21 bits per heavy atom. The Bertz CT molecular complexity index is 922. The first-order chi connectivity index (χ1) is 11.5. The van der Waals surface area contributed by atoms with E-state index in [1.807, 2.05) is 6.07 Å². The summed E-state index contributed by atoms with van der Waals surface area (Å²) in [6.45, 7) is 1.79. The summed E-state index contributed by atoms with van der Waals surface area (Å²) in [6, 6.07) is 11.7. The summed E-state index contributed by atoms with van der Waals surface area (Å²) in [7, 11) is 0. The van der Waals surface area contributed by atoms with Crippen LogP contribution in [-0.4, -0.2) is 21.2 Å². The average Bonchev–Trinajstić information content (AvgIpc) is 3.02. The molecule has 1 heterocycles. The fraction of sp³-hybridized carbons (Fsp3) is 0.0588. The molecule has 3 aromatic rings. The number of carbonyl (C=O) groups is 1. The Morgan fingerprint density at radius 3 is 2.75 bits per heavy atom. The summed E-state index contributed by atoms with van der Waals surface area (Å²) in [5, 5.41) is 20.4. The number of nitrogens with zero attached hydrogens (tertiary/aromatic N) is 1. The van der Waals surface area contributed by atoms with E-state index in [9.17, 15) is 9.90 Å². The topological polar surface area (TPSA) is 78.0 Å². The molecule has 3 rings (SSSR count). The average molecular weight is 362 g/mol. The highest BCUT2D eigenvalue weighted by molar-refractivity contribution is 6.36. The number of benzene rings is 2.